The van der Waals surface area contributed by atoms with Gasteiger partial charge in [-0.05, 0) is 50.8 Å². The molecule has 0 spiro atoms. The molecule has 7 nitrogen and oxygen atoms in total. The molecule has 6 rings (SSSR count). The number of nitrogens with one attached hydrogen (secondary N) is 1. The fourth-order valence-electron chi connectivity index (χ4n) is 5.89. The summed E-state index contributed by atoms with van der Waals surface area (Å²) in [7, 11) is 0. The molecule has 1 aromatic carbocycles. The molecule has 3 fully saturated rings. The van der Waals surface area contributed by atoms with Crippen LogP contribution >= 0.6 is 11.6 Å². The molecule has 2 aliphatic heterocycles. The molecule has 1 aliphatic carbocycles. The van der Waals surface area contributed by atoms with Gasteiger partial charge in [0.2, 0.25) is 0 Å². The first-order chi connectivity index (χ1) is 18.5. The standard InChI is InChI=1S/C26H26ClF5N6O/c27-18-8-14(33)7-16(19(18)26(30,31)32)21-20(29)22-17(10-34-21)23(35-15-3-1-4-15)37-24(36-22)39-12-25-5-2-6-38(25)11-13(28)9-25/h7-8,10,13,15H,1-6,9,11-12,33H2,(H,35,36,37)/t13-,25+/m1/s1. The second-order valence-electron chi connectivity index (χ2n) is 10.6. The van der Waals surface area contributed by atoms with Crippen molar-refractivity contribution in [3.05, 3.63) is 34.7 Å². The van der Waals surface area contributed by atoms with Gasteiger partial charge in [0.1, 0.15) is 29.8 Å². The predicted octanol–water partition coefficient (Wildman–Crippen LogP) is 6.00. The Hall–Kier alpha value is -2.99. The Morgan fingerprint density at radius 1 is 1.21 bits per heavy atom. The van der Waals surface area contributed by atoms with Gasteiger partial charge in [-0.15, -0.1) is 0 Å². The zero-order valence-electron chi connectivity index (χ0n) is 20.8. The van der Waals surface area contributed by atoms with Gasteiger partial charge < -0.3 is 15.8 Å². The summed E-state index contributed by atoms with van der Waals surface area (Å²) in [6.07, 6.45) is 0.197. The lowest BCUT2D eigenvalue weighted by atomic mass is 9.93. The molecule has 2 saturated heterocycles. The average Bonchev–Trinajstić information content (AvgIpc) is 3.34. The fourth-order valence-corrected chi connectivity index (χ4v) is 6.23. The van der Waals surface area contributed by atoms with E-state index in [2.05, 4.69) is 25.2 Å². The third-order valence-electron chi connectivity index (χ3n) is 7.99. The van der Waals surface area contributed by atoms with Crippen LogP contribution in [0.3, 0.4) is 0 Å². The number of hydrogen-bond acceptors (Lipinski definition) is 7. The fraction of sp³-hybridized carbons (Fsp3) is 0.500. The van der Waals surface area contributed by atoms with E-state index < -0.39 is 45.5 Å². The van der Waals surface area contributed by atoms with E-state index in [-0.39, 0.29) is 41.1 Å². The Balaban J connectivity index is 1.44. The number of pyridine rings is 1. The molecule has 39 heavy (non-hydrogen) atoms. The molecule has 13 heteroatoms. The molecule has 1 saturated carbocycles. The van der Waals surface area contributed by atoms with E-state index in [4.69, 9.17) is 22.1 Å². The summed E-state index contributed by atoms with van der Waals surface area (Å²) in [5.41, 5.74) is 2.50. The van der Waals surface area contributed by atoms with Crippen LogP contribution in [0, 0.1) is 5.82 Å². The summed E-state index contributed by atoms with van der Waals surface area (Å²) in [4.78, 5) is 14.8. The second-order valence-corrected chi connectivity index (χ2v) is 11.0. The number of anilines is 2. The minimum Gasteiger partial charge on any atom is -0.461 e. The number of alkyl halides is 4. The summed E-state index contributed by atoms with van der Waals surface area (Å²) in [5.74, 6) is -0.816. The number of nitrogen functional groups attached to an aromatic ring is 1. The van der Waals surface area contributed by atoms with Gasteiger partial charge in [0.05, 0.1) is 21.5 Å². The lowest BCUT2D eigenvalue weighted by molar-refractivity contribution is -0.137. The van der Waals surface area contributed by atoms with Gasteiger partial charge in [-0.1, -0.05) is 11.6 Å². The van der Waals surface area contributed by atoms with E-state index in [9.17, 15) is 17.6 Å². The molecule has 0 amide bonds. The summed E-state index contributed by atoms with van der Waals surface area (Å²) in [5, 5.41) is 2.79. The highest BCUT2D eigenvalue weighted by Crippen LogP contribution is 2.44. The first kappa shape index (κ1) is 26.2. The van der Waals surface area contributed by atoms with Crippen LogP contribution in [0.15, 0.2) is 18.3 Å². The highest BCUT2D eigenvalue weighted by molar-refractivity contribution is 6.32. The number of aromatic nitrogens is 3. The van der Waals surface area contributed by atoms with E-state index in [1.165, 1.54) is 6.20 Å². The lowest BCUT2D eigenvalue weighted by Gasteiger charge is -2.31. The normalized spacial score (nSPS) is 23.7. The average molecular weight is 569 g/mol. The van der Waals surface area contributed by atoms with E-state index in [1.54, 1.807) is 0 Å². The number of fused-ring (bicyclic) bond motifs is 2. The number of benzene rings is 1. The molecular weight excluding hydrogens is 543 g/mol. The topological polar surface area (TPSA) is 89.2 Å². The summed E-state index contributed by atoms with van der Waals surface area (Å²) in [6, 6.07) is 1.90. The minimum absolute atomic E-state index is 0.0774. The Morgan fingerprint density at radius 2 is 2.00 bits per heavy atom. The molecule has 3 aromatic rings. The zero-order valence-corrected chi connectivity index (χ0v) is 21.5. The molecule has 3 aliphatic rings. The highest BCUT2D eigenvalue weighted by atomic mass is 35.5. The lowest BCUT2D eigenvalue weighted by Crippen LogP contribution is -2.43. The number of rotatable bonds is 6. The first-order valence-electron chi connectivity index (χ1n) is 12.9. The number of nitrogens with two attached hydrogens (primary N) is 1. The van der Waals surface area contributed by atoms with Gasteiger partial charge in [0.15, 0.2) is 5.82 Å². The smallest absolute Gasteiger partial charge is 0.418 e. The third kappa shape index (κ3) is 4.71. The number of halogens is 6. The van der Waals surface area contributed by atoms with Crippen molar-refractivity contribution < 1.29 is 26.7 Å². The van der Waals surface area contributed by atoms with Crippen molar-refractivity contribution in [2.24, 2.45) is 0 Å². The van der Waals surface area contributed by atoms with Gasteiger partial charge >= 0.3 is 12.2 Å². The molecule has 2 atom stereocenters. The number of ether oxygens (including phenoxy) is 1. The minimum atomic E-state index is -4.89. The number of nitrogens with zero attached hydrogens (tertiary/aromatic N) is 4. The number of hydrogen-bond donors (Lipinski definition) is 2. The predicted molar refractivity (Wildman–Crippen MR) is 137 cm³/mol. The van der Waals surface area contributed by atoms with Crippen LogP contribution < -0.4 is 15.8 Å². The summed E-state index contributed by atoms with van der Waals surface area (Å²) < 4.78 is 77.9. The molecule has 0 unspecified atom stereocenters. The maximum atomic E-state index is 16.0. The maximum absolute atomic E-state index is 16.0. The van der Waals surface area contributed by atoms with Gasteiger partial charge in [-0.25, -0.2) is 8.78 Å². The molecule has 0 bridgehead atoms. The van der Waals surface area contributed by atoms with Crippen molar-refractivity contribution in [2.75, 3.05) is 30.7 Å². The van der Waals surface area contributed by atoms with Crippen LogP contribution in [-0.4, -0.2) is 57.3 Å². The van der Waals surface area contributed by atoms with Crippen LogP contribution in [-0.2, 0) is 6.18 Å². The van der Waals surface area contributed by atoms with E-state index in [0.717, 1.165) is 50.8 Å². The van der Waals surface area contributed by atoms with Crippen molar-refractivity contribution in [3.8, 4) is 17.3 Å². The van der Waals surface area contributed by atoms with Gasteiger partial charge in [-0.2, -0.15) is 23.1 Å². The molecule has 2 aromatic heterocycles. The van der Waals surface area contributed by atoms with Crippen molar-refractivity contribution in [1.29, 1.82) is 0 Å². The summed E-state index contributed by atoms with van der Waals surface area (Å²) in [6.45, 7) is 1.22. The molecule has 3 N–H and O–H groups in total. The van der Waals surface area contributed by atoms with Gasteiger partial charge in [0.25, 0.3) is 0 Å². The molecule has 4 heterocycles. The van der Waals surface area contributed by atoms with Crippen LogP contribution in [0.4, 0.5) is 33.5 Å². The molecule has 0 radical (unpaired) electrons. The van der Waals surface area contributed by atoms with Crippen molar-refractivity contribution >= 4 is 34.0 Å². The van der Waals surface area contributed by atoms with Gasteiger partial charge in [0, 0.05) is 36.5 Å². The van der Waals surface area contributed by atoms with E-state index in [0.29, 0.717) is 13.0 Å². The van der Waals surface area contributed by atoms with Crippen molar-refractivity contribution in [3.63, 3.8) is 0 Å². The Bertz CT molecular complexity index is 1430. The Morgan fingerprint density at radius 3 is 2.72 bits per heavy atom. The monoisotopic (exact) mass is 568 g/mol. The quantitative estimate of drug-likeness (QED) is 0.278. The maximum Gasteiger partial charge on any atom is 0.418 e. The molecular formula is C26H26ClF5N6O. The molecule has 208 valence electrons. The third-order valence-corrected chi connectivity index (χ3v) is 8.29. The second kappa shape index (κ2) is 9.58. The van der Waals surface area contributed by atoms with Crippen LogP contribution in [0.1, 0.15) is 44.1 Å². The Labute approximate surface area is 225 Å². The van der Waals surface area contributed by atoms with Crippen molar-refractivity contribution in [2.45, 2.75) is 62.5 Å². The largest absolute Gasteiger partial charge is 0.461 e. The van der Waals surface area contributed by atoms with Gasteiger partial charge in [-0.3, -0.25) is 9.88 Å². The first-order valence-corrected chi connectivity index (χ1v) is 13.2. The SMILES string of the molecule is Nc1cc(Cl)c(C(F)(F)F)c(-c2ncc3c(NC4CCC4)nc(OC[C@@]45CCCN4C[C@H](F)C5)nc3c2F)c1. The van der Waals surface area contributed by atoms with E-state index in [1.807, 2.05) is 0 Å². The van der Waals surface area contributed by atoms with Crippen LogP contribution in [0.25, 0.3) is 22.2 Å². The van der Waals surface area contributed by atoms with Crippen molar-refractivity contribution in [1.82, 2.24) is 19.9 Å². The highest BCUT2D eigenvalue weighted by Gasteiger charge is 2.49. The summed E-state index contributed by atoms with van der Waals surface area (Å²) >= 11 is 5.89. The Kier molecular flexibility index (Phi) is 6.45. The van der Waals surface area contributed by atoms with Crippen LogP contribution in [0.5, 0.6) is 6.01 Å². The van der Waals surface area contributed by atoms with Crippen LogP contribution in [0.2, 0.25) is 5.02 Å². The zero-order chi connectivity index (χ0) is 27.5. The van der Waals surface area contributed by atoms with E-state index >= 15 is 4.39 Å².